The molecule has 0 N–H and O–H groups in total. The van der Waals surface area contributed by atoms with Crippen LogP contribution >= 0.6 is 11.5 Å². The van der Waals surface area contributed by atoms with Gasteiger partial charge in [0.15, 0.2) is 0 Å². The van der Waals surface area contributed by atoms with Crippen molar-refractivity contribution in [3.63, 3.8) is 0 Å². The van der Waals surface area contributed by atoms with Crippen molar-refractivity contribution < 1.29 is 4.79 Å². The molecule has 2 heterocycles. The molecule has 78 valence electrons. The Morgan fingerprint density at radius 1 is 1.60 bits per heavy atom. The van der Waals surface area contributed by atoms with E-state index in [0.717, 1.165) is 23.6 Å². The number of carbonyl (C=O) groups excluding carboxylic acids is 1. The highest BCUT2D eigenvalue weighted by Crippen LogP contribution is 2.16. The number of aromatic nitrogens is 4. The zero-order valence-corrected chi connectivity index (χ0v) is 9.28. The van der Waals surface area contributed by atoms with Gasteiger partial charge in [-0.05, 0) is 24.0 Å². The summed E-state index contributed by atoms with van der Waals surface area (Å²) in [7, 11) is 1.74. The highest BCUT2D eigenvalue weighted by atomic mass is 32.1. The van der Waals surface area contributed by atoms with Gasteiger partial charge in [0.05, 0.1) is 5.69 Å². The minimum Gasteiger partial charge on any atom is -0.286 e. The van der Waals surface area contributed by atoms with Crippen molar-refractivity contribution in [3.8, 4) is 0 Å². The number of ketones is 1. The Balaban J connectivity index is 2.41. The molecule has 0 unspecified atom stereocenters. The van der Waals surface area contributed by atoms with E-state index < -0.39 is 0 Å². The maximum Gasteiger partial charge on any atom is 0.224 e. The third kappa shape index (κ3) is 1.68. The topological polar surface area (TPSA) is 60.7 Å². The highest BCUT2D eigenvalue weighted by Gasteiger charge is 2.19. The molecule has 0 saturated carbocycles. The Morgan fingerprint density at radius 2 is 2.40 bits per heavy atom. The molecular weight excluding hydrogens is 212 g/mol. The van der Waals surface area contributed by atoms with Crippen LogP contribution in [0.15, 0.2) is 12.3 Å². The number of nitrogens with zero attached hydrogens (tertiary/aromatic N) is 4. The number of hydrogen-bond acceptors (Lipinski definition) is 5. The largest absolute Gasteiger partial charge is 0.286 e. The first-order valence-corrected chi connectivity index (χ1v) is 5.35. The van der Waals surface area contributed by atoms with Gasteiger partial charge in [0.1, 0.15) is 10.6 Å². The minimum absolute atomic E-state index is 0.0538. The van der Waals surface area contributed by atoms with Crippen LogP contribution in [0.3, 0.4) is 0 Å². The van der Waals surface area contributed by atoms with Crippen molar-refractivity contribution in [1.82, 2.24) is 19.4 Å². The first-order valence-electron chi connectivity index (χ1n) is 4.58. The Bertz CT molecular complexity index is 488. The summed E-state index contributed by atoms with van der Waals surface area (Å²) in [6.45, 7) is 1.96. The van der Waals surface area contributed by atoms with E-state index in [1.807, 2.05) is 6.92 Å². The van der Waals surface area contributed by atoms with Gasteiger partial charge in [-0.3, -0.25) is 9.48 Å². The smallest absolute Gasteiger partial charge is 0.224 e. The van der Waals surface area contributed by atoms with Gasteiger partial charge in [-0.15, -0.1) is 5.10 Å². The van der Waals surface area contributed by atoms with E-state index in [0.29, 0.717) is 10.6 Å². The van der Waals surface area contributed by atoms with Crippen LogP contribution in [-0.2, 0) is 13.5 Å². The summed E-state index contributed by atoms with van der Waals surface area (Å²) in [5, 5.41) is 7.88. The molecule has 15 heavy (non-hydrogen) atoms. The summed E-state index contributed by atoms with van der Waals surface area (Å²) in [5.74, 6) is -0.0538. The lowest BCUT2D eigenvalue weighted by Crippen LogP contribution is -2.08. The van der Waals surface area contributed by atoms with Gasteiger partial charge in [-0.25, -0.2) is 0 Å². The standard InChI is InChI=1S/C9H10N4OS/c1-3-6-9(15-12-11-6)8(14)7-4-5-10-13(7)2/h4-5H,3H2,1-2H3. The lowest BCUT2D eigenvalue weighted by Gasteiger charge is -1.98. The molecule has 0 fully saturated rings. The van der Waals surface area contributed by atoms with Crippen LogP contribution in [0.2, 0.25) is 0 Å². The molecule has 2 aromatic heterocycles. The van der Waals surface area contributed by atoms with Gasteiger partial charge in [-0.1, -0.05) is 11.4 Å². The predicted octanol–water partition coefficient (Wildman–Crippen LogP) is 1.06. The molecule has 2 rings (SSSR count). The van der Waals surface area contributed by atoms with E-state index in [1.165, 1.54) is 0 Å². The van der Waals surface area contributed by atoms with E-state index in [9.17, 15) is 4.79 Å². The maximum absolute atomic E-state index is 12.0. The Hall–Kier alpha value is -1.56. The molecule has 0 aliphatic heterocycles. The molecule has 0 aliphatic rings. The van der Waals surface area contributed by atoms with Crippen molar-refractivity contribution in [2.75, 3.05) is 0 Å². The van der Waals surface area contributed by atoms with Crippen LogP contribution in [0, 0.1) is 0 Å². The summed E-state index contributed by atoms with van der Waals surface area (Å²) in [6.07, 6.45) is 2.32. The minimum atomic E-state index is -0.0538. The van der Waals surface area contributed by atoms with E-state index in [2.05, 4.69) is 14.7 Å². The maximum atomic E-state index is 12.0. The molecule has 5 nitrogen and oxygen atoms in total. The Kier molecular flexibility index (Phi) is 2.59. The SMILES string of the molecule is CCc1nnsc1C(=O)c1ccnn1C. The fourth-order valence-corrected chi connectivity index (χ4v) is 2.02. The monoisotopic (exact) mass is 222 g/mol. The molecule has 0 spiro atoms. The summed E-state index contributed by atoms with van der Waals surface area (Å²) >= 11 is 1.14. The number of hydrogen-bond donors (Lipinski definition) is 0. The molecule has 0 amide bonds. The average Bonchev–Trinajstić information content (AvgIpc) is 2.84. The molecule has 0 saturated heterocycles. The highest BCUT2D eigenvalue weighted by molar-refractivity contribution is 7.08. The van der Waals surface area contributed by atoms with Crippen molar-refractivity contribution in [2.45, 2.75) is 13.3 Å². The first kappa shape index (κ1) is 9.97. The van der Waals surface area contributed by atoms with Crippen molar-refractivity contribution in [2.24, 2.45) is 7.05 Å². The van der Waals surface area contributed by atoms with Crippen LogP contribution in [0.25, 0.3) is 0 Å². The van der Waals surface area contributed by atoms with Crippen LogP contribution in [0.4, 0.5) is 0 Å². The van der Waals surface area contributed by atoms with Crippen LogP contribution < -0.4 is 0 Å². The zero-order valence-electron chi connectivity index (χ0n) is 8.47. The fourth-order valence-electron chi connectivity index (χ4n) is 1.33. The second-order valence-corrected chi connectivity index (χ2v) is 3.83. The van der Waals surface area contributed by atoms with Gasteiger partial charge in [0.2, 0.25) is 5.78 Å². The summed E-state index contributed by atoms with van der Waals surface area (Å²) in [5.41, 5.74) is 1.32. The van der Waals surface area contributed by atoms with E-state index in [4.69, 9.17) is 0 Å². The number of carbonyl (C=O) groups is 1. The van der Waals surface area contributed by atoms with Gasteiger partial charge in [0, 0.05) is 13.2 Å². The van der Waals surface area contributed by atoms with Gasteiger partial charge in [-0.2, -0.15) is 5.10 Å². The van der Waals surface area contributed by atoms with Gasteiger partial charge >= 0.3 is 0 Å². The predicted molar refractivity (Wildman–Crippen MR) is 55.9 cm³/mol. The summed E-state index contributed by atoms with van der Waals surface area (Å²) in [6, 6.07) is 1.70. The van der Waals surface area contributed by atoms with Gasteiger partial charge in [0.25, 0.3) is 0 Å². The van der Waals surface area contributed by atoms with Crippen molar-refractivity contribution in [3.05, 3.63) is 28.5 Å². The molecule has 6 heteroatoms. The third-order valence-electron chi connectivity index (χ3n) is 2.15. The zero-order chi connectivity index (χ0) is 10.8. The van der Waals surface area contributed by atoms with E-state index in [-0.39, 0.29) is 5.78 Å². The molecule has 0 aromatic carbocycles. The lowest BCUT2D eigenvalue weighted by atomic mass is 10.2. The molecule has 0 aliphatic carbocycles. The van der Waals surface area contributed by atoms with Crippen LogP contribution in [0.5, 0.6) is 0 Å². The van der Waals surface area contributed by atoms with Gasteiger partial charge < -0.3 is 0 Å². The summed E-state index contributed by atoms with van der Waals surface area (Å²) in [4.78, 5) is 12.7. The second kappa shape index (κ2) is 3.90. The van der Waals surface area contributed by atoms with Crippen molar-refractivity contribution >= 4 is 17.3 Å². The number of rotatable bonds is 3. The molecule has 2 aromatic rings. The first-order chi connectivity index (χ1) is 7.24. The average molecular weight is 222 g/mol. The lowest BCUT2D eigenvalue weighted by molar-refractivity contribution is 0.103. The molecule has 0 atom stereocenters. The molecule has 0 radical (unpaired) electrons. The Morgan fingerprint density at radius 3 is 3.00 bits per heavy atom. The van der Waals surface area contributed by atoms with E-state index >= 15 is 0 Å². The fraction of sp³-hybridized carbons (Fsp3) is 0.333. The summed E-state index contributed by atoms with van der Waals surface area (Å²) < 4.78 is 5.35. The normalized spacial score (nSPS) is 10.5. The molecule has 0 bridgehead atoms. The molecular formula is C9H10N4OS. The van der Waals surface area contributed by atoms with Crippen LogP contribution in [0.1, 0.15) is 28.0 Å². The van der Waals surface area contributed by atoms with Crippen LogP contribution in [-0.4, -0.2) is 25.2 Å². The van der Waals surface area contributed by atoms with Crippen molar-refractivity contribution in [1.29, 1.82) is 0 Å². The Labute approximate surface area is 90.9 Å². The second-order valence-electron chi connectivity index (χ2n) is 3.07. The quantitative estimate of drug-likeness (QED) is 0.729. The third-order valence-corrected chi connectivity index (χ3v) is 2.92. The number of aryl methyl sites for hydroxylation is 2. The van der Waals surface area contributed by atoms with E-state index in [1.54, 1.807) is 24.0 Å².